The number of nitrogens with two attached hydrogens (primary N) is 1. The maximum Gasteiger partial charge on any atom is 0.231 e. The van der Waals surface area contributed by atoms with Gasteiger partial charge in [-0.1, -0.05) is 36.4 Å². The molecule has 2 heterocycles. The van der Waals surface area contributed by atoms with Crippen LogP contribution in [-0.2, 0) is 6.54 Å². The molecule has 0 aromatic heterocycles. The fourth-order valence-corrected chi connectivity index (χ4v) is 4.10. The third-order valence-electron chi connectivity index (χ3n) is 5.53. The zero-order chi connectivity index (χ0) is 17.1. The van der Waals surface area contributed by atoms with Crippen molar-refractivity contribution in [1.29, 1.82) is 0 Å². The van der Waals surface area contributed by atoms with Gasteiger partial charge in [0.15, 0.2) is 11.5 Å². The molecule has 4 heteroatoms. The van der Waals surface area contributed by atoms with Gasteiger partial charge < -0.3 is 15.2 Å². The van der Waals surface area contributed by atoms with E-state index in [1.165, 1.54) is 24.0 Å². The molecule has 4 rings (SSSR count). The van der Waals surface area contributed by atoms with E-state index in [9.17, 15) is 0 Å². The number of likely N-dealkylation sites (tertiary alicyclic amines) is 1. The summed E-state index contributed by atoms with van der Waals surface area (Å²) in [4.78, 5) is 2.55. The van der Waals surface area contributed by atoms with E-state index in [-0.39, 0.29) is 0 Å². The van der Waals surface area contributed by atoms with Crippen molar-refractivity contribution in [2.24, 2.45) is 11.7 Å². The zero-order valence-corrected chi connectivity index (χ0v) is 14.6. The number of fused-ring (bicyclic) bond motifs is 1. The highest BCUT2D eigenvalue weighted by molar-refractivity contribution is 5.45. The van der Waals surface area contributed by atoms with E-state index >= 15 is 0 Å². The minimum atomic E-state index is 0.323. The second-order valence-electron chi connectivity index (χ2n) is 7.05. The number of ether oxygens (including phenoxy) is 2. The van der Waals surface area contributed by atoms with Crippen LogP contribution in [-0.4, -0.2) is 31.3 Å². The van der Waals surface area contributed by atoms with E-state index in [1.807, 2.05) is 6.07 Å². The first kappa shape index (κ1) is 16.4. The first-order valence-corrected chi connectivity index (χ1v) is 9.19. The number of hydrogen-bond donors (Lipinski definition) is 1. The number of hydrogen-bond acceptors (Lipinski definition) is 4. The van der Waals surface area contributed by atoms with E-state index in [0.717, 1.165) is 31.1 Å². The van der Waals surface area contributed by atoms with Crippen LogP contribution in [0.4, 0.5) is 0 Å². The smallest absolute Gasteiger partial charge is 0.231 e. The van der Waals surface area contributed by atoms with Gasteiger partial charge in [0.05, 0.1) is 0 Å². The number of nitrogens with zero attached hydrogens (tertiary/aromatic N) is 1. The molecule has 2 aromatic carbocycles. The fourth-order valence-electron chi connectivity index (χ4n) is 4.10. The molecule has 132 valence electrons. The van der Waals surface area contributed by atoms with Crippen LogP contribution < -0.4 is 15.2 Å². The largest absolute Gasteiger partial charge is 0.454 e. The quantitative estimate of drug-likeness (QED) is 0.908. The molecule has 0 aliphatic carbocycles. The molecule has 2 aromatic rings. The Labute approximate surface area is 149 Å². The number of rotatable bonds is 5. The van der Waals surface area contributed by atoms with Gasteiger partial charge in [-0.05, 0) is 67.6 Å². The van der Waals surface area contributed by atoms with Gasteiger partial charge in [-0.2, -0.15) is 0 Å². The van der Waals surface area contributed by atoms with E-state index in [0.29, 0.717) is 25.2 Å². The molecule has 0 amide bonds. The number of benzene rings is 2. The second-order valence-corrected chi connectivity index (χ2v) is 7.05. The predicted octanol–water partition coefficient (Wildman–Crippen LogP) is 3.37. The van der Waals surface area contributed by atoms with Crippen LogP contribution in [0.15, 0.2) is 48.5 Å². The molecule has 0 spiro atoms. The summed E-state index contributed by atoms with van der Waals surface area (Å²) in [7, 11) is 0. The molecular weight excluding hydrogens is 312 g/mol. The normalized spacial score (nSPS) is 19.1. The van der Waals surface area contributed by atoms with Gasteiger partial charge in [0.25, 0.3) is 0 Å². The Bertz CT molecular complexity index is 696. The number of piperidine rings is 1. The molecule has 4 nitrogen and oxygen atoms in total. The summed E-state index contributed by atoms with van der Waals surface area (Å²) < 4.78 is 11.0. The molecule has 0 radical (unpaired) electrons. The van der Waals surface area contributed by atoms with Gasteiger partial charge in [0, 0.05) is 6.54 Å². The summed E-state index contributed by atoms with van der Waals surface area (Å²) in [5.74, 6) is 2.74. The summed E-state index contributed by atoms with van der Waals surface area (Å²) >= 11 is 0. The minimum absolute atomic E-state index is 0.323. The van der Waals surface area contributed by atoms with Crippen molar-refractivity contribution in [3.63, 3.8) is 0 Å². The van der Waals surface area contributed by atoms with E-state index in [4.69, 9.17) is 15.2 Å². The highest BCUT2D eigenvalue weighted by Crippen LogP contribution is 2.38. The van der Waals surface area contributed by atoms with Gasteiger partial charge in [0.2, 0.25) is 6.79 Å². The van der Waals surface area contributed by atoms with Crippen LogP contribution in [0.2, 0.25) is 0 Å². The lowest BCUT2D eigenvalue weighted by Gasteiger charge is -2.36. The molecule has 1 unspecified atom stereocenters. The lowest BCUT2D eigenvalue weighted by Crippen LogP contribution is -2.36. The third-order valence-corrected chi connectivity index (χ3v) is 5.53. The SMILES string of the molecule is NCC(c1ccc2c(c1)OCO2)C1CCN(Cc2ccccc2)CC1. The lowest BCUT2D eigenvalue weighted by atomic mass is 9.80. The minimum Gasteiger partial charge on any atom is -0.454 e. The average molecular weight is 338 g/mol. The van der Waals surface area contributed by atoms with Gasteiger partial charge >= 0.3 is 0 Å². The van der Waals surface area contributed by atoms with Crippen LogP contribution in [0.1, 0.15) is 29.9 Å². The molecule has 1 atom stereocenters. The zero-order valence-electron chi connectivity index (χ0n) is 14.6. The Morgan fingerprint density at radius 1 is 1.00 bits per heavy atom. The van der Waals surface area contributed by atoms with Crippen molar-refractivity contribution in [3.8, 4) is 11.5 Å². The van der Waals surface area contributed by atoms with E-state index < -0.39 is 0 Å². The molecule has 25 heavy (non-hydrogen) atoms. The van der Waals surface area contributed by atoms with E-state index in [2.05, 4.69) is 47.4 Å². The summed E-state index contributed by atoms with van der Waals surface area (Å²) in [6.07, 6.45) is 2.40. The molecule has 1 fully saturated rings. The standard InChI is InChI=1S/C21H26N2O2/c22-13-19(18-6-7-20-21(12-18)25-15-24-20)17-8-10-23(11-9-17)14-16-4-2-1-3-5-16/h1-7,12,17,19H,8-11,13-15,22H2. The highest BCUT2D eigenvalue weighted by Gasteiger charge is 2.28. The molecule has 0 bridgehead atoms. The summed E-state index contributed by atoms with van der Waals surface area (Å²) in [5, 5.41) is 0. The molecule has 2 aliphatic heterocycles. The Kier molecular flexibility index (Phi) is 4.90. The lowest BCUT2D eigenvalue weighted by molar-refractivity contribution is 0.162. The van der Waals surface area contributed by atoms with Crippen molar-refractivity contribution in [1.82, 2.24) is 4.90 Å². The highest BCUT2D eigenvalue weighted by atomic mass is 16.7. The first-order chi connectivity index (χ1) is 12.3. The monoisotopic (exact) mass is 338 g/mol. The van der Waals surface area contributed by atoms with Gasteiger partial charge in [-0.15, -0.1) is 0 Å². The third kappa shape index (κ3) is 3.65. The molecule has 2 aliphatic rings. The van der Waals surface area contributed by atoms with Crippen LogP contribution >= 0.6 is 0 Å². The van der Waals surface area contributed by atoms with Crippen LogP contribution in [0.25, 0.3) is 0 Å². The first-order valence-electron chi connectivity index (χ1n) is 9.19. The van der Waals surface area contributed by atoms with Crippen molar-refractivity contribution in [2.75, 3.05) is 26.4 Å². The Balaban J connectivity index is 1.38. The van der Waals surface area contributed by atoms with E-state index in [1.54, 1.807) is 0 Å². The van der Waals surface area contributed by atoms with Crippen molar-refractivity contribution >= 4 is 0 Å². The van der Waals surface area contributed by atoms with Crippen molar-refractivity contribution in [2.45, 2.75) is 25.3 Å². The predicted molar refractivity (Wildman–Crippen MR) is 98.8 cm³/mol. The molecular formula is C21H26N2O2. The topological polar surface area (TPSA) is 47.7 Å². The van der Waals surface area contributed by atoms with Crippen LogP contribution in [0.5, 0.6) is 11.5 Å². The van der Waals surface area contributed by atoms with Crippen molar-refractivity contribution in [3.05, 3.63) is 59.7 Å². The average Bonchev–Trinajstić information content (AvgIpc) is 3.12. The Morgan fingerprint density at radius 3 is 2.52 bits per heavy atom. The maximum atomic E-state index is 6.15. The van der Waals surface area contributed by atoms with Crippen molar-refractivity contribution < 1.29 is 9.47 Å². The van der Waals surface area contributed by atoms with Crippen LogP contribution in [0, 0.1) is 5.92 Å². The van der Waals surface area contributed by atoms with Gasteiger partial charge in [0.1, 0.15) is 0 Å². The van der Waals surface area contributed by atoms with Gasteiger partial charge in [-0.25, -0.2) is 0 Å². The van der Waals surface area contributed by atoms with Crippen LogP contribution in [0.3, 0.4) is 0 Å². The second kappa shape index (κ2) is 7.46. The van der Waals surface area contributed by atoms with Gasteiger partial charge in [-0.3, -0.25) is 4.90 Å². The Hall–Kier alpha value is -2.04. The molecule has 1 saturated heterocycles. The summed E-state index contributed by atoms with van der Waals surface area (Å²) in [5.41, 5.74) is 8.83. The summed E-state index contributed by atoms with van der Waals surface area (Å²) in [6, 6.07) is 17.0. The Morgan fingerprint density at radius 2 is 1.76 bits per heavy atom. The summed E-state index contributed by atoms with van der Waals surface area (Å²) in [6.45, 7) is 4.33. The molecule has 2 N–H and O–H groups in total. The fraction of sp³-hybridized carbons (Fsp3) is 0.429. The molecule has 0 saturated carbocycles. The maximum absolute atomic E-state index is 6.15.